The summed E-state index contributed by atoms with van der Waals surface area (Å²) in [6, 6.07) is 3.42. The number of nitrogens with two attached hydrogens (primary N) is 1. The predicted octanol–water partition coefficient (Wildman–Crippen LogP) is 1.81. The molecule has 8 heteroatoms. The summed E-state index contributed by atoms with van der Waals surface area (Å²) in [5, 5.41) is 0. The van der Waals surface area contributed by atoms with Crippen LogP contribution in [0.5, 0.6) is 17.2 Å². The summed E-state index contributed by atoms with van der Waals surface area (Å²) in [5.74, 6) is 2.26. The summed E-state index contributed by atoms with van der Waals surface area (Å²) in [4.78, 5) is 10.8. The molecule has 0 amide bonds. The second-order valence-corrected chi connectivity index (χ2v) is 4.14. The van der Waals surface area contributed by atoms with Crippen LogP contribution in [0.2, 0.25) is 0 Å². The van der Waals surface area contributed by atoms with Gasteiger partial charge < -0.3 is 24.9 Å². The zero-order chi connectivity index (χ0) is 14.7. The lowest BCUT2D eigenvalue weighted by molar-refractivity contribution is 0.349. The molecule has 1 aromatic carbocycles. The van der Waals surface area contributed by atoms with Crippen LogP contribution < -0.4 is 19.9 Å². The van der Waals surface area contributed by atoms with E-state index in [1.807, 2.05) is 0 Å². The normalized spacial score (nSPS) is 10.2. The minimum absolute atomic E-state index is 0.146. The molecule has 20 heavy (non-hydrogen) atoms. The van der Waals surface area contributed by atoms with Gasteiger partial charge in [-0.1, -0.05) is 0 Å². The lowest BCUT2D eigenvalue weighted by Gasteiger charge is -2.13. The first kappa shape index (κ1) is 14.1. The van der Waals surface area contributed by atoms with E-state index in [9.17, 15) is 0 Å². The monoisotopic (exact) mass is 294 g/mol. The predicted molar refractivity (Wildman–Crippen MR) is 76.7 cm³/mol. The van der Waals surface area contributed by atoms with E-state index >= 15 is 0 Å². The van der Waals surface area contributed by atoms with E-state index in [4.69, 9.17) is 32.2 Å². The first-order valence-corrected chi connectivity index (χ1v) is 6.04. The average Bonchev–Trinajstić information content (AvgIpc) is 2.44. The molecule has 0 aliphatic heterocycles. The van der Waals surface area contributed by atoms with E-state index in [2.05, 4.69) is 15.0 Å². The molecule has 0 fully saturated rings. The van der Waals surface area contributed by atoms with Crippen molar-refractivity contribution >= 4 is 18.2 Å². The van der Waals surface area contributed by atoms with Crippen molar-refractivity contribution in [3.8, 4) is 28.6 Å². The van der Waals surface area contributed by atoms with Gasteiger partial charge in [0.25, 0.3) is 0 Å². The second kappa shape index (κ2) is 5.74. The number of aromatic amines is 1. The Balaban J connectivity index is 2.68. The minimum Gasteiger partial charge on any atom is -0.496 e. The number of methoxy groups -OCH3 is 3. The summed E-state index contributed by atoms with van der Waals surface area (Å²) in [5.41, 5.74) is 6.29. The number of hydrogen-bond acceptors (Lipinski definition) is 7. The Morgan fingerprint density at radius 3 is 2.15 bits per heavy atom. The Hall–Kier alpha value is -2.35. The lowest BCUT2D eigenvalue weighted by atomic mass is 10.1. The number of anilines is 1. The molecule has 106 valence electrons. The molecular formula is C12H14N4O3S. The highest BCUT2D eigenvalue weighted by Gasteiger charge is 2.15. The van der Waals surface area contributed by atoms with Crippen molar-refractivity contribution in [2.45, 2.75) is 0 Å². The first-order chi connectivity index (χ1) is 9.58. The maximum Gasteiger partial charge on any atom is 0.224 e. The van der Waals surface area contributed by atoms with Gasteiger partial charge in [0.1, 0.15) is 11.6 Å². The van der Waals surface area contributed by atoms with E-state index in [0.29, 0.717) is 28.6 Å². The third-order valence-electron chi connectivity index (χ3n) is 2.63. The molecule has 1 aromatic heterocycles. The van der Waals surface area contributed by atoms with Gasteiger partial charge in [0.05, 0.1) is 26.9 Å². The van der Waals surface area contributed by atoms with Gasteiger partial charge >= 0.3 is 0 Å². The maximum atomic E-state index is 5.64. The van der Waals surface area contributed by atoms with Crippen LogP contribution in [0.1, 0.15) is 0 Å². The van der Waals surface area contributed by atoms with Gasteiger partial charge in [-0.05, 0) is 18.3 Å². The van der Waals surface area contributed by atoms with Crippen LogP contribution in [0.15, 0.2) is 12.1 Å². The van der Waals surface area contributed by atoms with Gasteiger partial charge in [-0.15, -0.1) is 0 Å². The number of hydrogen-bond donors (Lipinski definition) is 2. The van der Waals surface area contributed by atoms with Crippen molar-refractivity contribution in [2.24, 2.45) is 0 Å². The highest BCUT2D eigenvalue weighted by molar-refractivity contribution is 7.71. The summed E-state index contributed by atoms with van der Waals surface area (Å²) >= 11 is 4.96. The van der Waals surface area contributed by atoms with Crippen molar-refractivity contribution in [1.82, 2.24) is 15.0 Å². The number of aromatic nitrogens is 3. The molecule has 2 rings (SSSR count). The molecule has 2 aromatic rings. The number of ether oxygens (including phenoxy) is 3. The van der Waals surface area contributed by atoms with Crippen molar-refractivity contribution < 1.29 is 14.2 Å². The van der Waals surface area contributed by atoms with E-state index in [0.717, 1.165) is 0 Å². The van der Waals surface area contributed by atoms with Crippen LogP contribution in [-0.2, 0) is 0 Å². The smallest absolute Gasteiger partial charge is 0.224 e. The molecule has 0 aliphatic rings. The number of rotatable bonds is 4. The molecule has 0 bridgehead atoms. The summed E-state index contributed by atoms with van der Waals surface area (Å²) < 4.78 is 16.0. The fraction of sp³-hybridized carbons (Fsp3) is 0.250. The zero-order valence-electron chi connectivity index (χ0n) is 11.3. The maximum absolute atomic E-state index is 5.64. The molecule has 0 aliphatic carbocycles. The quantitative estimate of drug-likeness (QED) is 0.830. The minimum atomic E-state index is 0.146. The molecule has 0 saturated heterocycles. The number of H-pyrrole nitrogens is 1. The van der Waals surface area contributed by atoms with E-state index in [1.54, 1.807) is 33.5 Å². The summed E-state index contributed by atoms with van der Waals surface area (Å²) in [6.45, 7) is 0. The van der Waals surface area contributed by atoms with Gasteiger partial charge in [-0.2, -0.15) is 4.98 Å². The highest BCUT2D eigenvalue weighted by Crippen LogP contribution is 2.38. The van der Waals surface area contributed by atoms with Crippen molar-refractivity contribution in [1.29, 1.82) is 0 Å². The highest BCUT2D eigenvalue weighted by atomic mass is 32.1. The number of nitrogen functional groups attached to an aromatic ring is 1. The first-order valence-electron chi connectivity index (χ1n) is 5.63. The lowest BCUT2D eigenvalue weighted by Crippen LogP contribution is -2.02. The Labute approximate surface area is 120 Å². The molecular weight excluding hydrogens is 280 g/mol. The topological polar surface area (TPSA) is 95.3 Å². The van der Waals surface area contributed by atoms with Crippen LogP contribution in [0.25, 0.3) is 11.4 Å². The SMILES string of the molecule is COc1cc(OC)c(-c2nc(=S)nc(N)[nH]2)cc1OC. The molecule has 0 saturated carbocycles. The fourth-order valence-corrected chi connectivity index (χ4v) is 1.93. The Morgan fingerprint density at radius 1 is 1.00 bits per heavy atom. The number of nitrogens with zero attached hydrogens (tertiary/aromatic N) is 2. The van der Waals surface area contributed by atoms with Crippen LogP contribution >= 0.6 is 12.2 Å². The zero-order valence-corrected chi connectivity index (χ0v) is 12.1. The van der Waals surface area contributed by atoms with Crippen molar-refractivity contribution in [3.05, 3.63) is 16.9 Å². The largest absolute Gasteiger partial charge is 0.496 e. The van der Waals surface area contributed by atoms with E-state index in [-0.39, 0.29) is 10.7 Å². The average molecular weight is 294 g/mol. The Bertz CT molecular complexity index is 687. The fourth-order valence-electron chi connectivity index (χ4n) is 1.74. The molecule has 1 heterocycles. The Morgan fingerprint density at radius 2 is 1.60 bits per heavy atom. The third-order valence-corrected chi connectivity index (χ3v) is 2.81. The van der Waals surface area contributed by atoms with E-state index in [1.165, 1.54) is 0 Å². The van der Waals surface area contributed by atoms with Crippen LogP contribution in [0, 0.1) is 4.77 Å². The molecule has 0 radical (unpaired) electrons. The van der Waals surface area contributed by atoms with Gasteiger partial charge in [0, 0.05) is 6.07 Å². The molecule has 7 nitrogen and oxygen atoms in total. The summed E-state index contributed by atoms with van der Waals surface area (Å²) in [6.07, 6.45) is 0. The Kier molecular flexibility index (Phi) is 4.04. The van der Waals surface area contributed by atoms with Gasteiger partial charge in [0.15, 0.2) is 11.5 Å². The van der Waals surface area contributed by atoms with Crippen molar-refractivity contribution in [2.75, 3.05) is 27.1 Å². The summed E-state index contributed by atoms with van der Waals surface area (Å²) in [7, 11) is 4.64. The van der Waals surface area contributed by atoms with Gasteiger partial charge in [-0.3, -0.25) is 0 Å². The molecule has 0 atom stereocenters. The van der Waals surface area contributed by atoms with Crippen molar-refractivity contribution in [3.63, 3.8) is 0 Å². The number of nitrogens with one attached hydrogen (secondary N) is 1. The van der Waals surface area contributed by atoms with Crippen LogP contribution in [0.3, 0.4) is 0 Å². The van der Waals surface area contributed by atoms with Gasteiger partial charge in [0.2, 0.25) is 10.7 Å². The second-order valence-electron chi connectivity index (χ2n) is 3.77. The molecule has 3 N–H and O–H groups in total. The molecule has 0 unspecified atom stereocenters. The molecule has 0 spiro atoms. The van der Waals surface area contributed by atoms with E-state index < -0.39 is 0 Å². The third kappa shape index (κ3) is 2.64. The van der Waals surface area contributed by atoms with Crippen LogP contribution in [0.4, 0.5) is 5.95 Å². The number of benzene rings is 1. The van der Waals surface area contributed by atoms with Gasteiger partial charge in [-0.25, -0.2) is 4.98 Å². The standard InChI is InChI=1S/C12H14N4O3S/c1-17-7-5-9(19-3)8(18-2)4-6(7)10-14-11(13)16-12(20)15-10/h4-5H,1-3H3,(H3,13,14,15,16,20). The van der Waals surface area contributed by atoms with Crippen LogP contribution in [-0.4, -0.2) is 36.3 Å².